The van der Waals surface area contributed by atoms with Crippen molar-refractivity contribution in [3.63, 3.8) is 0 Å². The van der Waals surface area contributed by atoms with Gasteiger partial charge < -0.3 is 68.5 Å². The Morgan fingerprint density at radius 1 is 0.542 bits per heavy atom. The molecule has 0 bridgehead atoms. The molecule has 2 atom stereocenters. The van der Waals surface area contributed by atoms with Gasteiger partial charge in [0.15, 0.2) is 0 Å². The van der Waals surface area contributed by atoms with Crippen LogP contribution in [0.1, 0.15) is 6.42 Å². The standard InChI is InChI=1S/C17H34N4O18P6S2.Y/c22-38-40(24)8-20(12-44(32,33)34)16-6-46-4-14(16)18(10-42(26,27)28)2-1-3-19(11-43(29,30)31)15-5-47-7-17(15)21(9-41(25)39-23)13-45(35,36)37;/h4-7,22-25H,1-3,8-13H2,(H2,26,27,28)(H2,29,30,31)(H2,32,33,34)(H2,35,36,37);/i;1+1. The normalized spacial score (nSPS) is 13.9. The van der Waals surface area contributed by atoms with Crippen molar-refractivity contribution in [1.29, 1.82) is 0 Å². The number of hydrogen-bond donors (Lipinski definition) is 12. The van der Waals surface area contributed by atoms with Gasteiger partial charge in [-0.15, -0.1) is 22.7 Å². The van der Waals surface area contributed by atoms with Gasteiger partial charge in [0, 0.05) is 67.3 Å². The molecular formula is C17H34N4O18P6S2Y. The van der Waals surface area contributed by atoms with E-state index in [9.17, 15) is 67.2 Å². The maximum absolute atomic E-state index is 12.1. The Labute approximate surface area is 308 Å². The minimum atomic E-state index is -4.81. The fourth-order valence-corrected chi connectivity index (χ4v) is 10.2. The van der Waals surface area contributed by atoms with Crippen LogP contribution in [-0.4, -0.2) is 110 Å². The molecule has 31 heteroatoms. The van der Waals surface area contributed by atoms with E-state index in [0.29, 0.717) is 0 Å². The predicted octanol–water partition coefficient (Wildman–Crippen LogP) is 2.17. The second kappa shape index (κ2) is 20.4. The summed E-state index contributed by atoms with van der Waals surface area (Å²) in [6.07, 6.45) is -5.06. The Balaban J connectivity index is 0.0000115. The van der Waals surface area contributed by atoms with Crippen molar-refractivity contribution in [1.82, 2.24) is 0 Å². The van der Waals surface area contributed by atoms with Crippen LogP contribution in [-0.2, 0) is 60.3 Å². The third-order valence-electron chi connectivity index (χ3n) is 5.65. The molecular weight excluding hydrogens is 888 g/mol. The molecule has 0 aliphatic heterocycles. The molecule has 2 aromatic rings. The quantitative estimate of drug-likeness (QED) is 0.0457. The van der Waals surface area contributed by atoms with Gasteiger partial charge in [0.25, 0.3) is 0 Å². The van der Waals surface area contributed by atoms with E-state index in [2.05, 4.69) is 9.35 Å². The van der Waals surface area contributed by atoms with Crippen LogP contribution in [0.2, 0.25) is 0 Å². The first-order valence-electron chi connectivity index (χ1n) is 12.4. The minimum absolute atomic E-state index is 0. The molecule has 2 unspecified atom stereocenters. The van der Waals surface area contributed by atoms with Crippen LogP contribution in [0.15, 0.2) is 21.5 Å². The fourth-order valence-electron chi connectivity index (χ4n) is 4.13. The van der Waals surface area contributed by atoms with Gasteiger partial charge >= 0.3 is 30.4 Å². The Kier molecular flexibility index (Phi) is 19.9. The Morgan fingerprint density at radius 3 is 1.04 bits per heavy atom. The summed E-state index contributed by atoms with van der Waals surface area (Å²) in [6.45, 7) is -0.459. The third-order valence-corrected chi connectivity index (χ3v) is 11.5. The van der Waals surface area contributed by atoms with Crippen LogP contribution in [0.5, 0.6) is 0 Å². The second-order valence-electron chi connectivity index (χ2n) is 9.62. The smallest absolute Gasteiger partial charge is 0.344 e. The number of hydrogen-bond acceptors (Lipinski definition) is 16. The van der Waals surface area contributed by atoms with Crippen molar-refractivity contribution in [3.8, 4) is 0 Å². The van der Waals surface area contributed by atoms with Crippen LogP contribution < -0.4 is 19.6 Å². The van der Waals surface area contributed by atoms with Crippen molar-refractivity contribution in [2.24, 2.45) is 0 Å². The monoisotopic (exact) mass is 922 g/mol. The molecule has 2 rings (SSSR count). The zero-order valence-corrected chi connectivity index (χ0v) is 34.2. The molecule has 0 aliphatic carbocycles. The zero-order chi connectivity index (χ0) is 35.8. The topological polar surface area (TPSA) is 342 Å². The van der Waals surface area contributed by atoms with Gasteiger partial charge in [0.2, 0.25) is 16.8 Å². The Morgan fingerprint density at radius 2 is 0.792 bits per heavy atom. The first-order chi connectivity index (χ1) is 21.5. The first kappa shape index (κ1) is 46.9. The van der Waals surface area contributed by atoms with Crippen molar-refractivity contribution in [3.05, 3.63) is 21.5 Å². The summed E-state index contributed by atoms with van der Waals surface area (Å²) < 4.78 is 55.5. The summed E-state index contributed by atoms with van der Waals surface area (Å²) in [5.74, 6) is 0. The molecule has 2 heterocycles. The number of thiophene rings is 2. The second-order valence-corrected chi connectivity index (χ2v) is 19.9. The predicted molar refractivity (Wildman–Crippen MR) is 176 cm³/mol. The molecule has 0 aromatic carbocycles. The average Bonchev–Trinajstić information content (AvgIpc) is 3.58. The molecule has 22 nitrogen and oxygen atoms in total. The van der Waals surface area contributed by atoms with E-state index < -0.39 is 84.8 Å². The molecule has 0 amide bonds. The van der Waals surface area contributed by atoms with E-state index in [0.717, 1.165) is 42.3 Å². The Hall–Kier alpha value is 0.924. The van der Waals surface area contributed by atoms with Crippen molar-refractivity contribution >= 4 is 92.6 Å². The fraction of sp³-hybridized carbons (Fsp3) is 0.529. The van der Waals surface area contributed by atoms with E-state index in [1.54, 1.807) is 0 Å². The van der Waals surface area contributed by atoms with Gasteiger partial charge in [-0.05, 0) is 6.42 Å². The number of rotatable bonds is 22. The maximum Gasteiger partial charge on any atom is 0.344 e. The Bertz CT molecular complexity index is 1360. The molecule has 0 fully saturated rings. The van der Waals surface area contributed by atoms with E-state index in [1.807, 2.05) is 0 Å². The third kappa shape index (κ3) is 17.6. The average molecular weight is 922 g/mol. The summed E-state index contributed by atoms with van der Waals surface area (Å²) in [6, 6.07) is 0. The summed E-state index contributed by atoms with van der Waals surface area (Å²) in [5, 5.41) is 23.2. The number of nitrogens with zero attached hydrogens (tertiary/aromatic N) is 4. The van der Waals surface area contributed by atoms with Gasteiger partial charge in [-0.1, -0.05) is 0 Å². The van der Waals surface area contributed by atoms with E-state index in [4.69, 9.17) is 10.5 Å². The molecule has 0 aliphatic rings. The van der Waals surface area contributed by atoms with E-state index >= 15 is 0 Å². The zero-order valence-electron chi connectivity index (χ0n) is 24.4. The molecule has 2 aromatic heterocycles. The van der Waals surface area contributed by atoms with Crippen LogP contribution in [0.4, 0.5) is 22.7 Å². The summed E-state index contributed by atoms with van der Waals surface area (Å²) in [7, 11) is -24.4. The van der Waals surface area contributed by atoms with Crippen LogP contribution in [0.25, 0.3) is 0 Å². The molecule has 12 N–H and O–H groups in total. The summed E-state index contributed by atoms with van der Waals surface area (Å²) in [4.78, 5) is 101. The molecule has 0 spiro atoms. The van der Waals surface area contributed by atoms with Gasteiger partial charge in [0.1, 0.15) is 25.1 Å². The van der Waals surface area contributed by atoms with Crippen LogP contribution in [0, 0.1) is 0 Å². The summed E-state index contributed by atoms with van der Waals surface area (Å²) in [5.41, 5.74) is 0.132. The molecule has 0 saturated heterocycles. The molecule has 1 radical (unpaired) electrons. The van der Waals surface area contributed by atoms with Crippen molar-refractivity contribution in [2.75, 3.05) is 70.4 Å². The van der Waals surface area contributed by atoms with Crippen LogP contribution in [0.3, 0.4) is 0 Å². The van der Waals surface area contributed by atoms with Crippen LogP contribution >= 0.6 is 69.8 Å². The van der Waals surface area contributed by atoms with Gasteiger partial charge in [-0.25, -0.2) is 10.5 Å². The largest absolute Gasteiger partial charge is 0.357 e. The SMILES string of the molecule is O=P(O)(O)CN(CCCN(CP(=O)(O)O)c1cscc1N(CP(O)OO)CP(=O)(O)O)c1cscc1N(CP(O)OO)CP(=O)(O)O.[90Y]. The maximum atomic E-state index is 12.1. The minimum Gasteiger partial charge on any atom is -0.357 e. The summed E-state index contributed by atoms with van der Waals surface area (Å²) >= 11 is 1.95. The van der Waals surface area contributed by atoms with Gasteiger partial charge in [-0.3, -0.25) is 18.3 Å². The van der Waals surface area contributed by atoms with E-state index in [1.165, 1.54) is 21.5 Å². The van der Waals surface area contributed by atoms with E-state index in [-0.39, 0.29) is 75.0 Å². The molecule has 48 heavy (non-hydrogen) atoms. The van der Waals surface area contributed by atoms with Crippen molar-refractivity contribution in [2.45, 2.75) is 6.42 Å². The first-order valence-corrected chi connectivity index (χ1v) is 24.3. The molecule has 0 saturated carbocycles. The van der Waals surface area contributed by atoms with Gasteiger partial charge in [-0.2, -0.15) is 9.35 Å². The number of anilines is 4. The van der Waals surface area contributed by atoms with Crippen molar-refractivity contribution < 1.29 is 120 Å². The van der Waals surface area contributed by atoms with Gasteiger partial charge in [0.05, 0.1) is 35.3 Å². The molecule has 275 valence electrons.